The number of hydrogen-bond acceptors (Lipinski definition) is 2. The Hall–Kier alpha value is -3.11. The van der Waals surface area contributed by atoms with Gasteiger partial charge in [0.05, 0.1) is 16.1 Å². The summed E-state index contributed by atoms with van der Waals surface area (Å²) >= 11 is 6.40. The molecule has 0 aliphatic heterocycles. The van der Waals surface area contributed by atoms with Crippen LogP contribution >= 0.6 is 11.6 Å². The van der Waals surface area contributed by atoms with Crippen LogP contribution in [0.5, 0.6) is 0 Å². The summed E-state index contributed by atoms with van der Waals surface area (Å²) in [6.45, 7) is 4.23. The lowest BCUT2D eigenvalue weighted by atomic mass is 10.1. The molecule has 0 fully saturated rings. The zero-order valence-electron chi connectivity index (χ0n) is 15.7. The Kier molecular flexibility index (Phi) is 4.88. The van der Waals surface area contributed by atoms with Crippen molar-refractivity contribution in [1.29, 1.82) is 0 Å². The largest absolute Gasteiger partial charge is 0.325 e. The van der Waals surface area contributed by atoms with E-state index in [1.807, 2.05) is 78.2 Å². The SMILES string of the molecule is Cc1ccc(NC(=O)Cn2c(-c3ccccc3Cl)nc3ccccc32)cc1C. The summed E-state index contributed by atoms with van der Waals surface area (Å²) in [6.07, 6.45) is 0. The van der Waals surface area contributed by atoms with E-state index < -0.39 is 0 Å². The van der Waals surface area contributed by atoms with Crippen molar-refractivity contribution in [3.8, 4) is 11.4 Å². The Morgan fingerprint density at radius 2 is 1.75 bits per heavy atom. The highest BCUT2D eigenvalue weighted by atomic mass is 35.5. The highest BCUT2D eigenvalue weighted by molar-refractivity contribution is 6.33. The minimum Gasteiger partial charge on any atom is -0.325 e. The first-order valence-corrected chi connectivity index (χ1v) is 9.48. The number of aryl methyl sites for hydroxylation is 2. The third-order valence-corrected chi connectivity index (χ3v) is 5.19. The molecule has 1 heterocycles. The number of aromatic nitrogens is 2. The number of hydrogen-bond donors (Lipinski definition) is 1. The van der Waals surface area contributed by atoms with Crippen LogP contribution in [0.2, 0.25) is 5.02 Å². The Bertz CT molecular complexity index is 1180. The molecule has 1 amide bonds. The van der Waals surface area contributed by atoms with Crippen LogP contribution in [0.25, 0.3) is 22.4 Å². The van der Waals surface area contributed by atoms with Gasteiger partial charge in [-0.2, -0.15) is 0 Å². The predicted molar refractivity (Wildman–Crippen MR) is 115 cm³/mol. The van der Waals surface area contributed by atoms with Gasteiger partial charge >= 0.3 is 0 Å². The molecule has 28 heavy (non-hydrogen) atoms. The number of nitrogens with zero attached hydrogens (tertiary/aromatic N) is 2. The number of rotatable bonds is 4. The van der Waals surface area contributed by atoms with E-state index in [4.69, 9.17) is 16.6 Å². The maximum atomic E-state index is 12.8. The molecule has 3 aromatic carbocycles. The van der Waals surface area contributed by atoms with Gasteiger partial charge in [0, 0.05) is 11.3 Å². The molecule has 0 saturated heterocycles. The molecule has 1 N–H and O–H groups in total. The summed E-state index contributed by atoms with van der Waals surface area (Å²) in [7, 11) is 0. The van der Waals surface area contributed by atoms with Gasteiger partial charge in [0.2, 0.25) is 5.91 Å². The van der Waals surface area contributed by atoms with E-state index in [1.54, 1.807) is 0 Å². The number of carbonyl (C=O) groups excluding carboxylic acids is 1. The summed E-state index contributed by atoms with van der Waals surface area (Å²) in [5, 5.41) is 3.59. The van der Waals surface area contributed by atoms with Gasteiger partial charge in [-0.15, -0.1) is 0 Å². The number of amides is 1. The van der Waals surface area contributed by atoms with Crippen molar-refractivity contribution < 1.29 is 4.79 Å². The van der Waals surface area contributed by atoms with Crippen LogP contribution in [-0.2, 0) is 11.3 Å². The van der Waals surface area contributed by atoms with Gasteiger partial charge in [-0.05, 0) is 61.4 Å². The molecule has 0 aliphatic rings. The second-order valence-electron chi connectivity index (χ2n) is 6.84. The van der Waals surface area contributed by atoms with Crippen LogP contribution < -0.4 is 5.32 Å². The van der Waals surface area contributed by atoms with Gasteiger partial charge in [0.15, 0.2) is 0 Å². The maximum absolute atomic E-state index is 12.8. The lowest BCUT2D eigenvalue weighted by molar-refractivity contribution is -0.116. The van der Waals surface area contributed by atoms with Gasteiger partial charge in [-0.3, -0.25) is 4.79 Å². The Balaban J connectivity index is 1.71. The van der Waals surface area contributed by atoms with Crippen molar-refractivity contribution in [3.05, 3.63) is 82.9 Å². The number of carbonyl (C=O) groups is 1. The van der Waals surface area contributed by atoms with E-state index >= 15 is 0 Å². The monoisotopic (exact) mass is 389 g/mol. The summed E-state index contributed by atoms with van der Waals surface area (Å²) in [5.41, 5.74) is 5.66. The smallest absolute Gasteiger partial charge is 0.244 e. The zero-order valence-corrected chi connectivity index (χ0v) is 16.5. The van der Waals surface area contributed by atoms with E-state index in [9.17, 15) is 4.79 Å². The molecule has 0 bridgehead atoms. The Labute approximate surface area is 168 Å². The van der Waals surface area contributed by atoms with E-state index in [0.29, 0.717) is 10.8 Å². The number of para-hydroxylation sites is 2. The van der Waals surface area contributed by atoms with Crippen molar-refractivity contribution in [1.82, 2.24) is 9.55 Å². The van der Waals surface area contributed by atoms with Crippen molar-refractivity contribution in [2.24, 2.45) is 0 Å². The number of imidazole rings is 1. The highest BCUT2D eigenvalue weighted by Gasteiger charge is 2.17. The first-order valence-electron chi connectivity index (χ1n) is 9.10. The van der Waals surface area contributed by atoms with Crippen molar-refractivity contribution in [2.75, 3.05) is 5.32 Å². The van der Waals surface area contributed by atoms with Gasteiger partial charge in [0.1, 0.15) is 12.4 Å². The molecule has 4 rings (SSSR count). The predicted octanol–water partition coefficient (Wildman–Crippen LogP) is 5.61. The molecular formula is C23H20ClN3O. The van der Waals surface area contributed by atoms with E-state index in [-0.39, 0.29) is 12.5 Å². The van der Waals surface area contributed by atoms with Gasteiger partial charge in [-0.1, -0.05) is 41.9 Å². The summed E-state index contributed by atoms with van der Waals surface area (Å²) in [4.78, 5) is 17.5. The first-order chi connectivity index (χ1) is 13.5. The van der Waals surface area contributed by atoms with Crippen LogP contribution in [0.1, 0.15) is 11.1 Å². The molecule has 0 aliphatic carbocycles. The Morgan fingerprint density at radius 1 is 1.00 bits per heavy atom. The number of fused-ring (bicyclic) bond motifs is 1. The molecule has 0 saturated carbocycles. The molecular weight excluding hydrogens is 370 g/mol. The number of nitrogens with one attached hydrogen (secondary N) is 1. The molecule has 0 spiro atoms. The molecule has 5 heteroatoms. The zero-order chi connectivity index (χ0) is 19.7. The fraction of sp³-hybridized carbons (Fsp3) is 0.130. The molecule has 4 aromatic rings. The van der Waals surface area contributed by atoms with Gasteiger partial charge in [0.25, 0.3) is 0 Å². The fourth-order valence-corrected chi connectivity index (χ4v) is 3.47. The van der Waals surface area contributed by atoms with Crippen LogP contribution in [-0.4, -0.2) is 15.5 Å². The summed E-state index contributed by atoms with van der Waals surface area (Å²) in [5.74, 6) is 0.571. The van der Waals surface area contributed by atoms with Crippen LogP contribution in [0.3, 0.4) is 0 Å². The van der Waals surface area contributed by atoms with Crippen molar-refractivity contribution >= 4 is 34.2 Å². The second kappa shape index (κ2) is 7.49. The Morgan fingerprint density at radius 3 is 2.54 bits per heavy atom. The number of benzene rings is 3. The topological polar surface area (TPSA) is 46.9 Å². The van der Waals surface area contributed by atoms with Crippen molar-refractivity contribution in [3.63, 3.8) is 0 Å². The molecule has 140 valence electrons. The van der Waals surface area contributed by atoms with Crippen LogP contribution in [0.4, 0.5) is 5.69 Å². The van der Waals surface area contributed by atoms with E-state index in [0.717, 1.165) is 27.8 Å². The number of anilines is 1. The third kappa shape index (κ3) is 3.51. The molecule has 4 nitrogen and oxygen atoms in total. The van der Waals surface area contributed by atoms with E-state index in [2.05, 4.69) is 12.2 Å². The molecule has 0 radical (unpaired) electrons. The second-order valence-corrected chi connectivity index (χ2v) is 7.24. The van der Waals surface area contributed by atoms with Crippen LogP contribution in [0, 0.1) is 13.8 Å². The average molecular weight is 390 g/mol. The average Bonchev–Trinajstić information content (AvgIpc) is 3.03. The van der Waals surface area contributed by atoms with E-state index in [1.165, 1.54) is 5.56 Å². The standard InChI is InChI=1S/C23H20ClN3O/c1-15-11-12-17(13-16(15)2)25-22(28)14-27-21-10-6-5-9-20(21)26-23(27)18-7-3-4-8-19(18)24/h3-13H,14H2,1-2H3,(H,25,28). The number of halogens is 1. The minimum absolute atomic E-state index is 0.111. The van der Waals surface area contributed by atoms with Gasteiger partial charge in [-0.25, -0.2) is 4.98 Å². The molecule has 0 unspecified atom stereocenters. The van der Waals surface area contributed by atoms with Gasteiger partial charge < -0.3 is 9.88 Å². The first kappa shape index (κ1) is 18.3. The van der Waals surface area contributed by atoms with Crippen molar-refractivity contribution in [2.45, 2.75) is 20.4 Å². The highest BCUT2D eigenvalue weighted by Crippen LogP contribution is 2.30. The lowest BCUT2D eigenvalue weighted by Gasteiger charge is -2.12. The maximum Gasteiger partial charge on any atom is 0.244 e. The lowest BCUT2D eigenvalue weighted by Crippen LogP contribution is -2.19. The quantitative estimate of drug-likeness (QED) is 0.493. The molecule has 0 atom stereocenters. The molecule has 1 aromatic heterocycles. The third-order valence-electron chi connectivity index (χ3n) is 4.86. The van der Waals surface area contributed by atoms with Crippen LogP contribution in [0.15, 0.2) is 66.7 Å². The summed E-state index contributed by atoms with van der Waals surface area (Å²) in [6, 6.07) is 21.2. The fourth-order valence-electron chi connectivity index (χ4n) is 3.25. The summed E-state index contributed by atoms with van der Waals surface area (Å²) < 4.78 is 1.91. The minimum atomic E-state index is -0.111. The normalized spacial score (nSPS) is 11.0.